The van der Waals surface area contributed by atoms with Crippen LogP contribution in [0.4, 0.5) is 10.1 Å². The van der Waals surface area contributed by atoms with Gasteiger partial charge in [0.25, 0.3) is 5.91 Å². The molecule has 0 saturated carbocycles. The van der Waals surface area contributed by atoms with Crippen LogP contribution in [0.2, 0.25) is 0 Å². The lowest BCUT2D eigenvalue weighted by atomic mass is 10.1. The zero-order chi connectivity index (χ0) is 20.3. The van der Waals surface area contributed by atoms with Gasteiger partial charge in [0.1, 0.15) is 28.8 Å². The van der Waals surface area contributed by atoms with Crippen molar-refractivity contribution in [3.8, 4) is 12.0 Å². The lowest BCUT2D eigenvalue weighted by Gasteiger charge is -2.13. The van der Waals surface area contributed by atoms with Crippen molar-refractivity contribution >= 4 is 17.6 Å². The predicted molar refractivity (Wildman–Crippen MR) is 97.4 cm³/mol. The fraction of sp³-hybridized carbons (Fsp3) is 0.150. The van der Waals surface area contributed by atoms with Crippen LogP contribution in [0, 0.1) is 24.1 Å². The Hall–Kier alpha value is -3.86. The standard InChI is InChI=1S/C20H16FN3O4/c1-12-17(16(11-22)19(27-12)24-9-3-4-10-24)20(26)28-13(2)18(25)23-15-7-5-14(21)6-8-15/h3-10,13H,1-2H3,(H,23,25)/t13-/m1/s1. The van der Waals surface area contributed by atoms with E-state index >= 15 is 0 Å². The summed E-state index contributed by atoms with van der Waals surface area (Å²) < 4.78 is 25.3. The fourth-order valence-corrected chi connectivity index (χ4v) is 2.58. The second-order valence-electron chi connectivity index (χ2n) is 5.96. The van der Waals surface area contributed by atoms with E-state index in [1.54, 1.807) is 29.1 Å². The maximum Gasteiger partial charge on any atom is 0.343 e. The molecule has 0 bridgehead atoms. The third-order valence-electron chi connectivity index (χ3n) is 3.99. The lowest BCUT2D eigenvalue weighted by molar-refractivity contribution is -0.123. The van der Waals surface area contributed by atoms with Gasteiger partial charge in [-0.05, 0) is 50.2 Å². The number of esters is 1. The number of carbonyl (C=O) groups is 2. The van der Waals surface area contributed by atoms with E-state index in [1.807, 2.05) is 6.07 Å². The van der Waals surface area contributed by atoms with Crippen LogP contribution in [-0.2, 0) is 9.53 Å². The number of halogens is 1. The zero-order valence-electron chi connectivity index (χ0n) is 15.1. The van der Waals surface area contributed by atoms with Crippen molar-refractivity contribution in [3.05, 3.63) is 71.5 Å². The molecule has 0 aliphatic carbocycles. The summed E-state index contributed by atoms with van der Waals surface area (Å²) in [5, 5.41) is 12.0. The molecule has 28 heavy (non-hydrogen) atoms. The summed E-state index contributed by atoms with van der Waals surface area (Å²) in [5.41, 5.74) is 0.346. The number of anilines is 1. The second-order valence-corrected chi connectivity index (χ2v) is 5.96. The highest BCUT2D eigenvalue weighted by Gasteiger charge is 2.28. The molecule has 0 fully saturated rings. The summed E-state index contributed by atoms with van der Waals surface area (Å²) in [6, 6.07) is 10.6. The Morgan fingerprint density at radius 3 is 2.50 bits per heavy atom. The zero-order valence-corrected chi connectivity index (χ0v) is 15.1. The summed E-state index contributed by atoms with van der Waals surface area (Å²) in [6.07, 6.45) is 2.20. The summed E-state index contributed by atoms with van der Waals surface area (Å²) in [6.45, 7) is 2.93. The molecular formula is C20H16FN3O4. The molecule has 3 rings (SSSR count). The molecule has 1 atom stereocenters. The maximum atomic E-state index is 12.9. The molecule has 7 nitrogen and oxygen atoms in total. The smallest absolute Gasteiger partial charge is 0.343 e. The van der Waals surface area contributed by atoms with Gasteiger partial charge >= 0.3 is 5.97 Å². The molecule has 0 saturated heterocycles. The van der Waals surface area contributed by atoms with E-state index in [-0.39, 0.29) is 22.8 Å². The van der Waals surface area contributed by atoms with Crippen molar-refractivity contribution in [2.75, 3.05) is 5.32 Å². The molecule has 2 aromatic heterocycles. The molecule has 0 spiro atoms. The Balaban J connectivity index is 1.76. The first-order valence-corrected chi connectivity index (χ1v) is 8.35. The normalized spacial score (nSPS) is 11.5. The van der Waals surface area contributed by atoms with Gasteiger partial charge in [0, 0.05) is 18.1 Å². The topological polar surface area (TPSA) is 97.3 Å². The van der Waals surface area contributed by atoms with Gasteiger partial charge < -0.3 is 14.5 Å². The first kappa shape index (κ1) is 18.9. The van der Waals surface area contributed by atoms with E-state index in [0.29, 0.717) is 5.69 Å². The first-order chi connectivity index (χ1) is 13.4. The Morgan fingerprint density at radius 2 is 1.89 bits per heavy atom. The number of hydrogen-bond acceptors (Lipinski definition) is 5. The van der Waals surface area contributed by atoms with Crippen LogP contribution < -0.4 is 5.32 Å². The summed E-state index contributed by atoms with van der Waals surface area (Å²) in [4.78, 5) is 24.8. The van der Waals surface area contributed by atoms with Gasteiger partial charge in [0.2, 0.25) is 5.88 Å². The average molecular weight is 381 g/mol. The van der Waals surface area contributed by atoms with Crippen molar-refractivity contribution in [3.63, 3.8) is 0 Å². The van der Waals surface area contributed by atoms with Crippen LogP contribution in [0.3, 0.4) is 0 Å². The molecule has 1 amide bonds. The quantitative estimate of drug-likeness (QED) is 0.682. The minimum absolute atomic E-state index is 0.0184. The van der Waals surface area contributed by atoms with Crippen LogP contribution in [-0.4, -0.2) is 22.5 Å². The van der Waals surface area contributed by atoms with Crippen LogP contribution >= 0.6 is 0 Å². The third kappa shape index (κ3) is 3.78. The maximum absolute atomic E-state index is 12.9. The van der Waals surface area contributed by atoms with Gasteiger partial charge in [-0.2, -0.15) is 5.26 Å². The summed E-state index contributed by atoms with van der Waals surface area (Å²) >= 11 is 0. The number of nitriles is 1. The molecule has 8 heteroatoms. The van der Waals surface area contributed by atoms with Gasteiger partial charge in [0.15, 0.2) is 6.10 Å². The summed E-state index contributed by atoms with van der Waals surface area (Å²) in [5.74, 6) is -1.48. The highest BCUT2D eigenvalue weighted by atomic mass is 19.1. The number of aromatic nitrogens is 1. The first-order valence-electron chi connectivity index (χ1n) is 8.35. The SMILES string of the molecule is Cc1oc(-n2cccc2)c(C#N)c1C(=O)O[C@H](C)C(=O)Nc1ccc(F)cc1. The summed E-state index contributed by atoms with van der Waals surface area (Å²) in [7, 11) is 0. The number of benzene rings is 1. The molecule has 0 radical (unpaired) electrons. The number of furan rings is 1. The predicted octanol–water partition coefficient (Wildman–Crippen LogP) is 3.57. The largest absolute Gasteiger partial charge is 0.449 e. The molecular weight excluding hydrogens is 365 g/mol. The van der Waals surface area contributed by atoms with Gasteiger partial charge in [0.05, 0.1) is 0 Å². The van der Waals surface area contributed by atoms with Gasteiger partial charge in [-0.25, -0.2) is 9.18 Å². The number of amides is 1. The molecule has 0 aliphatic rings. The number of rotatable bonds is 5. The Morgan fingerprint density at radius 1 is 1.25 bits per heavy atom. The molecule has 0 aliphatic heterocycles. The number of ether oxygens (including phenoxy) is 1. The van der Waals surface area contributed by atoms with E-state index in [0.717, 1.165) is 0 Å². The van der Waals surface area contributed by atoms with Crippen LogP contribution in [0.5, 0.6) is 0 Å². The molecule has 2 heterocycles. The number of nitrogens with one attached hydrogen (secondary N) is 1. The van der Waals surface area contributed by atoms with Crippen molar-refractivity contribution in [1.82, 2.24) is 4.57 Å². The second kappa shape index (κ2) is 7.80. The highest BCUT2D eigenvalue weighted by Crippen LogP contribution is 2.26. The van der Waals surface area contributed by atoms with Gasteiger partial charge in [-0.15, -0.1) is 0 Å². The Bertz CT molecular complexity index is 1050. The number of nitrogens with zero attached hydrogens (tertiary/aromatic N) is 2. The molecule has 1 N–H and O–H groups in total. The monoisotopic (exact) mass is 381 g/mol. The van der Waals surface area contributed by atoms with Crippen LogP contribution in [0.1, 0.15) is 28.6 Å². The van der Waals surface area contributed by atoms with Gasteiger partial charge in [-0.3, -0.25) is 9.36 Å². The highest BCUT2D eigenvalue weighted by molar-refractivity contribution is 5.99. The van der Waals surface area contributed by atoms with Crippen molar-refractivity contribution < 1.29 is 23.1 Å². The molecule has 3 aromatic rings. The average Bonchev–Trinajstić information content (AvgIpc) is 3.30. The van der Waals surface area contributed by atoms with Crippen molar-refractivity contribution in [2.45, 2.75) is 20.0 Å². The van der Waals surface area contributed by atoms with Crippen molar-refractivity contribution in [2.24, 2.45) is 0 Å². The number of hydrogen-bond donors (Lipinski definition) is 1. The molecule has 142 valence electrons. The van der Waals surface area contributed by atoms with Crippen LogP contribution in [0.25, 0.3) is 5.88 Å². The van der Waals surface area contributed by atoms with E-state index in [9.17, 15) is 19.2 Å². The minimum Gasteiger partial charge on any atom is -0.449 e. The van der Waals surface area contributed by atoms with E-state index in [2.05, 4.69) is 5.32 Å². The van der Waals surface area contributed by atoms with Gasteiger partial charge in [-0.1, -0.05) is 0 Å². The van der Waals surface area contributed by atoms with Crippen LogP contribution in [0.15, 0.2) is 53.2 Å². The molecule has 0 unspecified atom stereocenters. The van der Waals surface area contributed by atoms with E-state index in [4.69, 9.17) is 9.15 Å². The Kier molecular flexibility index (Phi) is 5.27. The lowest BCUT2D eigenvalue weighted by Crippen LogP contribution is -2.30. The number of aryl methyl sites for hydroxylation is 1. The fourth-order valence-electron chi connectivity index (χ4n) is 2.58. The van der Waals surface area contributed by atoms with E-state index < -0.39 is 23.8 Å². The van der Waals surface area contributed by atoms with E-state index in [1.165, 1.54) is 38.1 Å². The molecule has 1 aromatic carbocycles. The minimum atomic E-state index is -1.14. The third-order valence-corrected chi connectivity index (χ3v) is 3.99. The van der Waals surface area contributed by atoms with Crippen molar-refractivity contribution in [1.29, 1.82) is 5.26 Å². The Labute approximate surface area is 159 Å². The number of carbonyl (C=O) groups excluding carboxylic acids is 2.